The van der Waals surface area contributed by atoms with Gasteiger partial charge < -0.3 is 14.4 Å². The van der Waals surface area contributed by atoms with Gasteiger partial charge in [-0.25, -0.2) is 4.79 Å². The number of hydrogen-bond acceptors (Lipinski definition) is 3. The predicted molar refractivity (Wildman–Crippen MR) is 82.5 cm³/mol. The molecule has 1 aliphatic rings. The van der Waals surface area contributed by atoms with Crippen LogP contribution in [0.2, 0.25) is 0 Å². The van der Waals surface area contributed by atoms with Gasteiger partial charge in [-0.1, -0.05) is 18.2 Å². The first-order chi connectivity index (χ1) is 9.94. The molecule has 0 N–H and O–H groups in total. The van der Waals surface area contributed by atoms with Crippen LogP contribution in [-0.2, 0) is 4.74 Å². The summed E-state index contributed by atoms with van der Waals surface area (Å²) in [6.07, 6.45) is 1.88. The Morgan fingerprint density at radius 2 is 2.00 bits per heavy atom. The van der Waals surface area contributed by atoms with Crippen molar-refractivity contribution in [3.63, 3.8) is 0 Å². The average molecular weight is 291 g/mol. The summed E-state index contributed by atoms with van der Waals surface area (Å²) in [5, 5.41) is 0. The Bertz CT molecular complexity index is 453. The van der Waals surface area contributed by atoms with Crippen LogP contribution in [0.15, 0.2) is 30.3 Å². The van der Waals surface area contributed by atoms with Crippen LogP contribution >= 0.6 is 0 Å². The van der Waals surface area contributed by atoms with E-state index in [4.69, 9.17) is 9.47 Å². The highest BCUT2D eigenvalue weighted by Crippen LogP contribution is 2.20. The summed E-state index contributed by atoms with van der Waals surface area (Å²) in [6.45, 7) is 7.81. The van der Waals surface area contributed by atoms with Gasteiger partial charge in [-0.2, -0.15) is 0 Å². The van der Waals surface area contributed by atoms with Crippen LogP contribution in [0.25, 0.3) is 0 Å². The van der Waals surface area contributed by atoms with Gasteiger partial charge in [0.05, 0.1) is 6.61 Å². The lowest BCUT2D eigenvalue weighted by molar-refractivity contribution is 0.0139. The minimum absolute atomic E-state index is 0.216. The number of likely N-dealkylation sites (tertiary alicyclic amines) is 1. The number of rotatable bonds is 3. The van der Waals surface area contributed by atoms with E-state index in [2.05, 4.69) is 0 Å². The number of para-hydroxylation sites is 1. The lowest BCUT2D eigenvalue weighted by Crippen LogP contribution is -2.44. The van der Waals surface area contributed by atoms with Crippen molar-refractivity contribution >= 4 is 6.09 Å². The second kappa shape index (κ2) is 6.83. The summed E-state index contributed by atoms with van der Waals surface area (Å²) in [5.41, 5.74) is -0.440. The summed E-state index contributed by atoms with van der Waals surface area (Å²) in [5.74, 6) is 1.25. The van der Waals surface area contributed by atoms with Gasteiger partial charge >= 0.3 is 6.09 Å². The topological polar surface area (TPSA) is 38.8 Å². The fourth-order valence-corrected chi connectivity index (χ4v) is 2.42. The van der Waals surface area contributed by atoms with E-state index in [9.17, 15) is 4.79 Å². The van der Waals surface area contributed by atoms with Gasteiger partial charge in [0.1, 0.15) is 11.4 Å². The molecule has 1 amide bonds. The first-order valence-corrected chi connectivity index (χ1v) is 7.60. The molecule has 4 heteroatoms. The largest absolute Gasteiger partial charge is 0.493 e. The smallest absolute Gasteiger partial charge is 0.410 e. The van der Waals surface area contributed by atoms with E-state index < -0.39 is 5.60 Å². The third kappa shape index (κ3) is 5.29. The van der Waals surface area contributed by atoms with E-state index in [0.717, 1.165) is 25.1 Å². The van der Waals surface area contributed by atoms with Gasteiger partial charge in [-0.15, -0.1) is 0 Å². The number of nitrogens with zero attached hydrogens (tertiary/aromatic N) is 1. The van der Waals surface area contributed by atoms with Gasteiger partial charge in [0, 0.05) is 19.0 Å². The molecule has 116 valence electrons. The van der Waals surface area contributed by atoms with Gasteiger partial charge in [-0.05, 0) is 45.7 Å². The van der Waals surface area contributed by atoms with E-state index in [0.29, 0.717) is 19.1 Å². The Hall–Kier alpha value is -1.71. The van der Waals surface area contributed by atoms with Crippen LogP contribution in [0.3, 0.4) is 0 Å². The number of ether oxygens (including phenoxy) is 2. The molecule has 1 heterocycles. The summed E-state index contributed by atoms with van der Waals surface area (Å²) >= 11 is 0. The molecule has 21 heavy (non-hydrogen) atoms. The molecule has 0 aromatic heterocycles. The van der Waals surface area contributed by atoms with Crippen molar-refractivity contribution in [2.75, 3.05) is 19.7 Å². The van der Waals surface area contributed by atoms with E-state index in [-0.39, 0.29) is 6.09 Å². The standard InChI is InChI=1S/C17H25NO3/c1-17(2,3)21-16(19)18-11-7-8-14(12-18)13-20-15-9-5-4-6-10-15/h4-6,9-10,14H,7-8,11-13H2,1-3H3. The van der Waals surface area contributed by atoms with Crippen molar-refractivity contribution in [3.8, 4) is 5.75 Å². The lowest BCUT2D eigenvalue weighted by Gasteiger charge is -2.34. The van der Waals surface area contributed by atoms with Crippen LogP contribution in [0, 0.1) is 5.92 Å². The van der Waals surface area contributed by atoms with Crippen molar-refractivity contribution in [1.82, 2.24) is 4.90 Å². The molecule has 1 fully saturated rings. The van der Waals surface area contributed by atoms with Crippen LogP contribution in [0.4, 0.5) is 4.79 Å². The van der Waals surface area contributed by atoms with Crippen LogP contribution in [0.1, 0.15) is 33.6 Å². The maximum absolute atomic E-state index is 12.1. The molecule has 1 unspecified atom stereocenters. The normalized spacial score (nSPS) is 19.2. The molecule has 0 aliphatic carbocycles. The maximum Gasteiger partial charge on any atom is 0.410 e. The van der Waals surface area contributed by atoms with E-state index in [1.165, 1.54) is 0 Å². The molecule has 0 bridgehead atoms. The molecular formula is C17H25NO3. The average Bonchev–Trinajstić information content (AvgIpc) is 2.45. The summed E-state index contributed by atoms with van der Waals surface area (Å²) < 4.78 is 11.2. The third-order valence-electron chi connectivity index (χ3n) is 3.40. The Morgan fingerprint density at radius 3 is 2.67 bits per heavy atom. The molecule has 1 saturated heterocycles. The highest BCUT2D eigenvalue weighted by atomic mass is 16.6. The lowest BCUT2D eigenvalue weighted by atomic mass is 9.99. The van der Waals surface area contributed by atoms with Gasteiger partial charge in [0.2, 0.25) is 0 Å². The number of piperidine rings is 1. The Morgan fingerprint density at radius 1 is 1.29 bits per heavy atom. The molecule has 1 aromatic rings. The third-order valence-corrected chi connectivity index (χ3v) is 3.40. The molecule has 2 rings (SSSR count). The minimum atomic E-state index is -0.440. The fraction of sp³-hybridized carbons (Fsp3) is 0.588. The second-order valence-corrected chi connectivity index (χ2v) is 6.56. The van der Waals surface area contributed by atoms with Crippen LogP contribution in [0.5, 0.6) is 5.75 Å². The molecule has 1 aliphatic heterocycles. The number of benzene rings is 1. The SMILES string of the molecule is CC(C)(C)OC(=O)N1CCCC(COc2ccccc2)C1. The molecule has 0 spiro atoms. The van der Waals surface area contributed by atoms with E-state index in [1.54, 1.807) is 4.90 Å². The van der Waals surface area contributed by atoms with Gasteiger partial charge in [-0.3, -0.25) is 0 Å². The highest BCUT2D eigenvalue weighted by molar-refractivity contribution is 5.68. The van der Waals surface area contributed by atoms with Crippen molar-refractivity contribution in [3.05, 3.63) is 30.3 Å². The first-order valence-electron chi connectivity index (χ1n) is 7.60. The molecule has 1 aromatic carbocycles. The van der Waals surface area contributed by atoms with Gasteiger partial charge in [0.15, 0.2) is 0 Å². The zero-order chi connectivity index (χ0) is 15.3. The quantitative estimate of drug-likeness (QED) is 0.852. The van der Waals surface area contributed by atoms with Crippen molar-refractivity contribution in [2.24, 2.45) is 5.92 Å². The first kappa shape index (κ1) is 15.7. The molecule has 1 atom stereocenters. The van der Waals surface area contributed by atoms with Crippen molar-refractivity contribution < 1.29 is 14.3 Å². The molecule has 0 saturated carbocycles. The summed E-state index contributed by atoms with van der Waals surface area (Å²) in [6, 6.07) is 9.80. The van der Waals surface area contributed by atoms with Crippen molar-refractivity contribution in [2.45, 2.75) is 39.2 Å². The zero-order valence-corrected chi connectivity index (χ0v) is 13.2. The van der Waals surface area contributed by atoms with Gasteiger partial charge in [0.25, 0.3) is 0 Å². The molecular weight excluding hydrogens is 266 g/mol. The monoisotopic (exact) mass is 291 g/mol. The fourth-order valence-electron chi connectivity index (χ4n) is 2.42. The second-order valence-electron chi connectivity index (χ2n) is 6.56. The number of hydrogen-bond donors (Lipinski definition) is 0. The molecule has 0 radical (unpaired) electrons. The summed E-state index contributed by atoms with van der Waals surface area (Å²) in [7, 11) is 0. The van der Waals surface area contributed by atoms with E-state index >= 15 is 0 Å². The summed E-state index contributed by atoms with van der Waals surface area (Å²) in [4.78, 5) is 13.9. The number of carbonyl (C=O) groups is 1. The highest BCUT2D eigenvalue weighted by Gasteiger charge is 2.27. The van der Waals surface area contributed by atoms with Crippen LogP contribution in [-0.4, -0.2) is 36.3 Å². The Kier molecular flexibility index (Phi) is 5.10. The number of amides is 1. The predicted octanol–water partition coefficient (Wildman–Crippen LogP) is 3.71. The van der Waals surface area contributed by atoms with Crippen molar-refractivity contribution in [1.29, 1.82) is 0 Å². The molecule has 4 nitrogen and oxygen atoms in total. The Balaban J connectivity index is 1.82. The zero-order valence-electron chi connectivity index (χ0n) is 13.2. The maximum atomic E-state index is 12.1. The number of carbonyl (C=O) groups excluding carboxylic acids is 1. The minimum Gasteiger partial charge on any atom is -0.493 e. The van der Waals surface area contributed by atoms with Crippen LogP contribution < -0.4 is 4.74 Å². The Labute approximate surface area is 127 Å². The van der Waals surface area contributed by atoms with E-state index in [1.807, 2.05) is 51.1 Å².